The highest BCUT2D eigenvalue weighted by atomic mass is 35.5. The van der Waals surface area contributed by atoms with E-state index in [9.17, 15) is 9.18 Å². The highest BCUT2D eigenvalue weighted by molar-refractivity contribution is 6.38. The van der Waals surface area contributed by atoms with Crippen LogP contribution in [0.3, 0.4) is 0 Å². The molecular weight excluding hydrogens is 392 g/mol. The normalized spacial score (nSPS) is 13.1. The molecular formula is C18H20Cl2FN5O. The molecule has 2 rings (SSSR count). The molecule has 0 aliphatic rings. The van der Waals surface area contributed by atoms with E-state index >= 15 is 0 Å². The molecule has 27 heavy (non-hydrogen) atoms. The second kappa shape index (κ2) is 9.55. The summed E-state index contributed by atoms with van der Waals surface area (Å²) in [5.74, 6) is -0.415. The van der Waals surface area contributed by atoms with Gasteiger partial charge in [-0.1, -0.05) is 35.3 Å². The molecule has 0 aliphatic carbocycles. The van der Waals surface area contributed by atoms with E-state index in [1.165, 1.54) is 35.0 Å². The number of aliphatic imine (C=N–C) groups is 1. The first kappa shape index (κ1) is 21.0. The van der Waals surface area contributed by atoms with E-state index in [2.05, 4.69) is 10.3 Å². The molecule has 1 amide bonds. The van der Waals surface area contributed by atoms with Gasteiger partial charge in [0.1, 0.15) is 22.0 Å². The summed E-state index contributed by atoms with van der Waals surface area (Å²) in [5, 5.41) is 3.10. The number of allylic oxidation sites excluding steroid dienone is 1. The topological polar surface area (TPSA) is 98.4 Å². The molecule has 9 heteroatoms. The fraction of sp³-hybridized carbons (Fsp3) is 0.222. The summed E-state index contributed by atoms with van der Waals surface area (Å²) in [4.78, 5) is 16.7. The largest absolute Gasteiger partial charge is 0.404 e. The number of halogens is 3. The molecule has 0 bridgehead atoms. The van der Waals surface area contributed by atoms with Crippen LogP contribution in [0.15, 0.2) is 47.6 Å². The van der Waals surface area contributed by atoms with Crippen LogP contribution in [0.2, 0.25) is 10.3 Å². The number of carbonyl (C=O) groups is 1. The van der Waals surface area contributed by atoms with Gasteiger partial charge in [-0.25, -0.2) is 4.39 Å². The summed E-state index contributed by atoms with van der Waals surface area (Å²) in [6.45, 7) is 0.173. The molecule has 0 aliphatic heterocycles. The first-order valence-electron chi connectivity index (χ1n) is 8.08. The summed E-state index contributed by atoms with van der Waals surface area (Å²) in [5.41, 5.74) is 12.0. The number of carbonyl (C=O) groups excluding carboxylic acids is 1. The number of nitrogens with one attached hydrogen (secondary N) is 1. The fourth-order valence-electron chi connectivity index (χ4n) is 2.57. The second-order valence-electron chi connectivity index (χ2n) is 5.69. The minimum absolute atomic E-state index is 0.0951. The predicted molar refractivity (Wildman–Crippen MR) is 107 cm³/mol. The predicted octanol–water partition coefficient (Wildman–Crippen LogP) is 2.58. The lowest BCUT2D eigenvalue weighted by atomic mass is 10.1. The zero-order valence-corrected chi connectivity index (χ0v) is 16.1. The number of hydrogen-bond donors (Lipinski definition) is 3. The van der Waals surface area contributed by atoms with Crippen molar-refractivity contribution >= 4 is 34.9 Å². The van der Waals surface area contributed by atoms with E-state index in [4.69, 9.17) is 34.7 Å². The molecule has 6 nitrogen and oxygen atoms in total. The number of benzene rings is 1. The minimum Gasteiger partial charge on any atom is -0.404 e. The second-order valence-corrected chi connectivity index (χ2v) is 6.43. The van der Waals surface area contributed by atoms with Gasteiger partial charge in [-0.3, -0.25) is 14.4 Å². The van der Waals surface area contributed by atoms with Crippen molar-refractivity contribution in [1.29, 1.82) is 0 Å². The summed E-state index contributed by atoms with van der Waals surface area (Å²) in [6, 6.07) is 7.16. The zero-order valence-electron chi connectivity index (χ0n) is 14.6. The van der Waals surface area contributed by atoms with E-state index in [1.807, 2.05) is 0 Å². The summed E-state index contributed by atoms with van der Waals surface area (Å²) in [6.07, 6.45) is 3.17. The molecule has 144 valence electrons. The van der Waals surface area contributed by atoms with Crippen LogP contribution in [0.4, 0.5) is 4.39 Å². The Hall–Kier alpha value is -2.35. The number of amides is 1. The Bertz CT molecular complexity index is 879. The van der Waals surface area contributed by atoms with Gasteiger partial charge in [-0.05, 0) is 42.5 Å². The van der Waals surface area contributed by atoms with Gasteiger partial charge in [-0.15, -0.1) is 0 Å². The van der Waals surface area contributed by atoms with Gasteiger partial charge in [0.25, 0.3) is 5.91 Å². The zero-order chi connectivity index (χ0) is 20.0. The summed E-state index contributed by atoms with van der Waals surface area (Å²) in [7, 11) is 1.55. The van der Waals surface area contributed by atoms with Crippen molar-refractivity contribution in [2.45, 2.75) is 12.5 Å². The molecule has 5 N–H and O–H groups in total. The highest BCUT2D eigenvalue weighted by Gasteiger charge is 2.22. The average Bonchev–Trinajstić information content (AvgIpc) is 2.93. The molecule has 0 fully saturated rings. The van der Waals surface area contributed by atoms with Crippen molar-refractivity contribution < 1.29 is 9.18 Å². The van der Waals surface area contributed by atoms with Crippen LogP contribution in [0.25, 0.3) is 0 Å². The van der Waals surface area contributed by atoms with E-state index in [0.29, 0.717) is 12.3 Å². The van der Waals surface area contributed by atoms with Crippen LogP contribution in [-0.4, -0.2) is 35.9 Å². The average molecular weight is 412 g/mol. The first-order valence-corrected chi connectivity index (χ1v) is 8.84. The molecule has 0 saturated carbocycles. The number of nitrogens with two attached hydrogens (primary N) is 2. The third kappa shape index (κ3) is 5.09. The third-order valence-electron chi connectivity index (χ3n) is 3.83. The van der Waals surface area contributed by atoms with Gasteiger partial charge >= 0.3 is 0 Å². The standard InChI is InChI=1S/C18H20Cl2FN5O/c1-24-16(5-6-22)26-15(19)9-14(17(26)20)18(27)25-13(10-23)8-11-3-2-4-12(21)7-11/h2-7,9,13H,8,10,22-23H2,1H3,(H,25,27)/t13-/m0/s1. The van der Waals surface area contributed by atoms with Gasteiger partial charge in [0, 0.05) is 19.6 Å². The van der Waals surface area contributed by atoms with E-state index in [-0.39, 0.29) is 28.2 Å². The van der Waals surface area contributed by atoms with Gasteiger partial charge < -0.3 is 16.8 Å². The van der Waals surface area contributed by atoms with Crippen molar-refractivity contribution in [3.05, 3.63) is 69.9 Å². The Balaban J connectivity index is 2.22. The lowest BCUT2D eigenvalue weighted by Crippen LogP contribution is -2.41. The Labute approximate surface area is 166 Å². The van der Waals surface area contributed by atoms with Crippen LogP contribution >= 0.6 is 23.2 Å². The van der Waals surface area contributed by atoms with Crippen LogP contribution in [0, 0.1) is 5.82 Å². The van der Waals surface area contributed by atoms with Crippen molar-refractivity contribution in [1.82, 2.24) is 9.88 Å². The van der Waals surface area contributed by atoms with Crippen LogP contribution in [0.5, 0.6) is 0 Å². The van der Waals surface area contributed by atoms with E-state index in [0.717, 1.165) is 5.56 Å². The van der Waals surface area contributed by atoms with Gasteiger partial charge in [-0.2, -0.15) is 0 Å². The first-order chi connectivity index (χ1) is 12.9. The van der Waals surface area contributed by atoms with E-state index < -0.39 is 11.9 Å². The number of hydrogen-bond acceptors (Lipinski definition) is 4. The maximum absolute atomic E-state index is 13.3. The number of nitrogens with zero attached hydrogens (tertiary/aromatic N) is 2. The Morgan fingerprint density at radius 2 is 2.15 bits per heavy atom. The van der Waals surface area contributed by atoms with Gasteiger partial charge in [0.05, 0.1) is 5.56 Å². The fourth-order valence-corrected chi connectivity index (χ4v) is 3.21. The lowest BCUT2D eigenvalue weighted by Gasteiger charge is -2.17. The molecule has 0 unspecified atom stereocenters. The van der Waals surface area contributed by atoms with Crippen LogP contribution in [-0.2, 0) is 6.42 Å². The quantitative estimate of drug-likeness (QED) is 0.503. The molecule has 1 aromatic carbocycles. The maximum Gasteiger partial charge on any atom is 0.254 e. The van der Waals surface area contributed by atoms with Crippen LogP contribution < -0.4 is 16.8 Å². The molecule has 0 spiro atoms. The molecule has 1 aromatic heterocycles. The number of aromatic nitrogens is 1. The molecule has 2 aromatic rings. The smallest absolute Gasteiger partial charge is 0.254 e. The van der Waals surface area contributed by atoms with Crippen molar-refractivity contribution in [3.8, 4) is 0 Å². The summed E-state index contributed by atoms with van der Waals surface area (Å²) < 4.78 is 14.7. The maximum atomic E-state index is 13.3. The monoisotopic (exact) mass is 411 g/mol. The third-order valence-corrected chi connectivity index (χ3v) is 4.49. The molecule has 0 radical (unpaired) electrons. The summed E-state index contributed by atoms with van der Waals surface area (Å²) >= 11 is 12.5. The van der Waals surface area contributed by atoms with E-state index in [1.54, 1.807) is 19.2 Å². The highest BCUT2D eigenvalue weighted by Crippen LogP contribution is 2.26. The molecule has 0 saturated heterocycles. The van der Waals surface area contributed by atoms with Crippen molar-refractivity contribution in [3.63, 3.8) is 0 Å². The molecule has 1 atom stereocenters. The Kier molecular flexibility index (Phi) is 7.41. The van der Waals surface area contributed by atoms with Crippen LogP contribution in [0.1, 0.15) is 15.9 Å². The van der Waals surface area contributed by atoms with Gasteiger partial charge in [0.2, 0.25) is 0 Å². The van der Waals surface area contributed by atoms with Crippen molar-refractivity contribution in [2.75, 3.05) is 13.6 Å². The SMILES string of the molecule is CN=C(C=CN)n1c(Cl)cc(C(=O)N[C@H](CN)Cc2cccc(F)c2)c1Cl. The van der Waals surface area contributed by atoms with Crippen molar-refractivity contribution in [2.24, 2.45) is 16.5 Å². The Morgan fingerprint density at radius 1 is 1.41 bits per heavy atom. The lowest BCUT2D eigenvalue weighted by molar-refractivity contribution is 0.0938. The number of rotatable bonds is 6. The minimum atomic E-state index is -0.445. The Morgan fingerprint density at radius 3 is 2.74 bits per heavy atom. The van der Waals surface area contributed by atoms with Gasteiger partial charge in [0.15, 0.2) is 0 Å². The molecule has 1 heterocycles.